The average Bonchev–Trinajstić information content (AvgIpc) is 2.43. The number of unbranched alkanes of at least 4 members (excludes halogenated alkanes) is 1. The maximum atomic E-state index is 10.5. The van der Waals surface area contributed by atoms with Crippen LogP contribution < -0.4 is 4.74 Å². The summed E-state index contributed by atoms with van der Waals surface area (Å²) in [5.74, 6) is 0.837. The molecule has 0 saturated heterocycles. The van der Waals surface area contributed by atoms with Gasteiger partial charge in [-0.3, -0.25) is 4.79 Å². The number of benzene rings is 1. The van der Waals surface area contributed by atoms with Crippen molar-refractivity contribution >= 4 is 6.29 Å². The lowest BCUT2D eigenvalue weighted by atomic mass is 10.2. The van der Waals surface area contributed by atoms with Crippen LogP contribution in [0.25, 0.3) is 0 Å². The quantitative estimate of drug-likeness (QED) is 0.498. The summed E-state index contributed by atoms with van der Waals surface area (Å²) >= 11 is 0. The third kappa shape index (κ3) is 5.32. The van der Waals surface area contributed by atoms with E-state index in [4.69, 9.17) is 4.74 Å². The van der Waals surface area contributed by atoms with Crippen LogP contribution in [-0.4, -0.2) is 37.4 Å². The van der Waals surface area contributed by atoms with E-state index in [2.05, 4.69) is 18.7 Å². The second-order valence-electron chi connectivity index (χ2n) is 4.27. The zero-order valence-corrected chi connectivity index (χ0v) is 11.4. The molecule has 0 spiro atoms. The first kappa shape index (κ1) is 14.7. The Bertz CT molecular complexity index is 331. The van der Waals surface area contributed by atoms with Gasteiger partial charge in [-0.1, -0.05) is 13.8 Å². The summed E-state index contributed by atoms with van der Waals surface area (Å²) in [5.41, 5.74) is 0.684. The molecule has 0 radical (unpaired) electrons. The molecule has 3 nitrogen and oxygen atoms in total. The molecular formula is C15H23NO2. The summed E-state index contributed by atoms with van der Waals surface area (Å²) in [5, 5.41) is 0. The Morgan fingerprint density at radius 1 is 1.11 bits per heavy atom. The first-order valence-corrected chi connectivity index (χ1v) is 6.70. The molecule has 0 unspecified atom stereocenters. The first-order valence-electron chi connectivity index (χ1n) is 6.70. The van der Waals surface area contributed by atoms with Crippen molar-refractivity contribution < 1.29 is 9.53 Å². The van der Waals surface area contributed by atoms with Gasteiger partial charge in [-0.05, 0) is 56.7 Å². The third-order valence-corrected chi connectivity index (χ3v) is 3.05. The van der Waals surface area contributed by atoms with Gasteiger partial charge in [0.15, 0.2) is 0 Å². The van der Waals surface area contributed by atoms with E-state index < -0.39 is 0 Å². The maximum Gasteiger partial charge on any atom is 0.150 e. The van der Waals surface area contributed by atoms with Crippen LogP contribution in [-0.2, 0) is 0 Å². The highest BCUT2D eigenvalue weighted by molar-refractivity contribution is 5.74. The van der Waals surface area contributed by atoms with Gasteiger partial charge in [-0.25, -0.2) is 0 Å². The number of aldehydes is 1. The van der Waals surface area contributed by atoms with Gasteiger partial charge in [0.25, 0.3) is 0 Å². The molecule has 1 rings (SSSR count). The first-order chi connectivity index (χ1) is 8.80. The Hall–Kier alpha value is -1.35. The summed E-state index contributed by atoms with van der Waals surface area (Å²) in [6.07, 6.45) is 3.06. The number of carbonyl (C=O) groups is 1. The summed E-state index contributed by atoms with van der Waals surface area (Å²) < 4.78 is 5.62. The van der Waals surface area contributed by atoms with Crippen molar-refractivity contribution in [1.29, 1.82) is 0 Å². The zero-order chi connectivity index (χ0) is 13.2. The fourth-order valence-corrected chi connectivity index (χ4v) is 1.81. The Labute approximate surface area is 110 Å². The minimum atomic E-state index is 0.684. The molecular weight excluding hydrogens is 226 g/mol. The molecule has 0 bridgehead atoms. The van der Waals surface area contributed by atoms with Gasteiger partial charge in [-0.2, -0.15) is 0 Å². The minimum absolute atomic E-state index is 0.684. The predicted octanol–water partition coefficient (Wildman–Crippen LogP) is 3.00. The van der Waals surface area contributed by atoms with Gasteiger partial charge in [0, 0.05) is 5.56 Å². The molecule has 0 fully saturated rings. The molecule has 1 aromatic carbocycles. The number of carbonyl (C=O) groups excluding carboxylic acids is 1. The Morgan fingerprint density at radius 2 is 1.78 bits per heavy atom. The number of hydrogen-bond donors (Lipinski definition) is 0. The average molecular weight is 249 g/mol. The van der Waals surface area contributed by atoms with Gasteiger partial charge in [0.1, 0.15) is 12.0 Å². The van der Waals surface area contributed by atoms with E-state index >= 15 is 0 Å². The Balaban J connectivity index is 2.15. The van der Waals surface area contributed by atoms with E-state index in [9.17, 15) is 4.79 Å². The molecule has 0 atom stereocenters. The minimum Gasteiger partial charge on any atom is -0.494 e. The second kappa shape index (κ2) is 8.70. The fraction of sp³-hybridized carbons (Fsp3) is 0.533. The van der Waals surface area contributed by atoms with Gasteiger partial charge in [0.2, 0.25) is 0 Å². The van der Waals surface area contributed by atoms with E-state index in [1.54, 1.807) is 12.1 Å². The number of rotatable bonds is 9. The number of hydrogen-bond acceptors (Lipinski definition) is 3. The molecule has 0 amide bonds. The molecule has 0 saturated carbocycles. The van der Waals surface area contributed by atoms with Crippen LogP contribution in [0.3, 0.4) is 0 Å². The van der Waals surface area contributed by atoms with Gasteiger partial charge >= 0.3 is 0 Å². The third-order valence-electron chi connectivity index (χ3n) is 3.05. The van der Waals surface area contributed by atoms with Crippen molar-refractivity contribution in [3.8, 4) is 5.75 Å². The monoisotopic (exact) mass is 249 g/mol. The lowest BCUT2D eigenvalue weighted by molar-refractivity contribution is 0.112. The van der Waals surface area contributed by atoms with E-state index in [1.807, 2.05) is 12.1 Å². The molecule has 1 aromatic rings. The largest absolute Gasteiger partial charge is 0.494 e. The fourth-order valence-electron chi connectivity index (χ4n) is 1.81. The smallest absolute Gasteiger partial charge is 0.150 e. The lowest BCUT2D eigenvalue weighted by Crippen LogP contribution is -2.24. The maximum absolute atomic E-state index is 10.5. The van der Waals surface area contributed by atoms with Crippen LogP contribution in [0.15, 0.2) is 24.3 Å². The van der Waals surface area contributed by atoms with Crippen LogP contribution in [0.1, 0.15) is 37.0 Å². The SMILES string of the molecule is CCN(CC)CCCCOc1ccc(C=O)cc1. The highest BCUT2D eigenvalue weighted by atomic mass is 16.5. The van der Waals surface area contributed by atoms with Crippen LogP contribution in [0.2, 0.25) is 0 Å². The predicted molar refractivity (Wildman–Crippen MR) is 74.3 cm³/mol. The summed E-state index contributed by atoms with van der Waals surface area (Å²) in [6, 6.07) is 7.23. The zero-order valence-electron chi connectivity index (χ0n) is 11.4. The highest BCUT2D eigenvalue weighted by Crippen LogP contribution is 2.11. The van der Waals surface area contributed by atoms with Crippen molar-refractivity contribution in [1.82, 2.24) is 4.90 Å². The van der Waals surface area contributed by atoms with E-state index in [1.165, 1.54) is 0 Å². The molecule has 18 heavy (non-hydrogen) atoms. The van der Waals surface area contributed by atoms with Crippen LogP contribution in [0.5, 0.6) is 5.75 Å². The summed E-state index contributed by atoms with van der Waals surface area (Å²) in [7, 11) is 0. The Morgan fingerprint density at radius 3 is 2.33 bits per heavy atom. The number of ether oxygens (including phenoxy) is 1. The van der Waals surface area contributed by atoms with E-state index in [-0.39, 0.29) is 0 Å². The molecule has 100 valence electrons. The van der Waals surface area contributed by atoms with Gasteiger partial charge < -0.3 is 9.64 Å². The second-order valence-corrected chi connectivity index (χ2v) is 4.27. The number of nitrogens with zero attached hydrogens (tertiary/aromatic N) is 1. The van der Waals surface area contributed by atoms with Crippen LogP contribution >= 0.6 is 0 Å². The molecule has 0 aliphatic carbocycles. The highest BCUT2D eigenvalue weighted by Gasteiger charge is 1.99. The summed E-state index contributed by atoms with van der Waals surface area (Å²) in [4.78, 5) is 12.9. The van der Waals surface area contributed by atoms with E-state index in [0.717, 1.165) is 51.1 Å². The molecule has 0 heterocycles. The van der Waals surface area contributed by atoms with Gasteiger partial charge in [0.05, 0.1) is 6.61 Å². The molecule has 0 aliphatic heterocycles. The van der Waals surface area contributed by atoms with Crippen molar-refractivity contribution in [2.45, 2.75) is 26.7 Å². The van der Waals surface area contributed by atoms with Crippen LogP contribution in [0, 0.1) is 0 Å². The van der Waals surface area contributed by atoms with Gasteiger partial charge in [-0.15, -0.1) is 0 Å². The van der Waals surface area contributed by atoms with Crippen molar-refractivity contribution in [2.24, 2.45) is 0 Å². The van der Waals surface area contributed by atoms with Crippen LogP contribution in [0.4, 0.5) is 0 Å². The van der Waals surface area contributed by atoms with Crippen molar-refractivity contribution in [3.63, 3.8) is 0 Å². The Kier molecular flexibility index (Phi) is 7.11. The summed E-state index contributed by atoms with van der Waals surface area (Å²) in [6.45, 7) is 8.49. The molecule has 0 aromatic heterocycles. The molecule has 0 aliphatic rings. The van der Waals surface area contributed by atoms with Crippen molar-refractivity contribution in [2.75, 3.05) is 26.2 Å². The lowest BCUT2D eigenvalue weighted by Gasteiger charge is -2.17. The standard InChI is InChI=1S/C15H23NO2/c1-3-16(4-2)11-5-6-12-18-15-9-7-14(13-17)8-10-15/h7-10,13H,3-6,11-12H2,1-2H3. The van der Waals surface area contributed by atoms with E-state index in [0.29, 0.717) is 5.56 Å². The van der Waals surface area contributed by atoms with Crippen molar-refractivity contribution in [3.05, 3.63) is 29.8 Å². The normalized spacial score (nSPS) is 10.6. The molecule has 0 N–H and O–H groups in total. The topological polar surface area (TPSA) is 29.5 Å². The molecule has 3 heteroatoms.